The quantitative estimate of drug-likeness (QED) is 0.422. The summed E-state index contributed by atoms with van der Waals surface area (Å²) in [6.07, 6.45) is -2.34. The number of carbonyl (C=O) groups is 1. The highest BCUT2D eigenvalue weighted by Crippen LogP contribution is 2.31. The molecular formula is C25H21F3O4. The number of carboxylic acid groups (broad SMARTS) is 1. The molecule has 4 nitrogen and oxygen atoms in total. The van der Waals surface area contributed by atoms with Gasteiger partial charge in [0.2, 0.25) is 0 Å². The molecular weight excluding hydrogens is 421 g/mol. The summed E-state index contributed by atoms with van der Waals surface area (Å²) in [7, 11) is 0. The van der Waals surface area contributed by atoms with Crippen molar-refractivity contribution >= 4 is 12.0 Å². The molecule has 0 aromatic heterocycles. The smallest absolute Gasteiger partial charge is 0.488 e. The molecule has 0 unspecified atom stereocenters. The normalized spacial score (nSPS) is 11.5. The van der Waals surface area contributed by atoms with E-state index < -0.39 is 12.3 Å². The molecule has 3 aromatic rings. The van der Waals surface area contributed by atoms with Crippen LogP contribution in [0, 0.1) is 13.8 Å². The van der Waals surface area contributed by atoms with Gasteiger partial charge in [0.25, 0.3) is 0 Å². The minimum Gasteiger partial charge on any atom is -0.488 e. The lowest BCUT2D eigenvalue weighted by molar-refractivity contribution is -0.274. The third-order valence-electron chi connectivity index (χ3n) is 4.51. The zero-order chi connectivity index (χ0) is 23.3. The van der Waals surface area contributed by atoms with Crippen molar-refractivity contribution in [3.8, 4) is 22.6 Å². The molecule has 1 N–H and O–H groups in total. The van der Waals surface area contributed by atoms with Gasteiger partial charge in [-0.15, -0.1) is 13.2 Å². The number of benzene rings is 3. The number of hydrogen-bond donors (Lipinski definition) is 1. The fourth-order valence-corrected chi connectivity index (χ4v) is 3.31. The van der Waals surface area contributed by atoms with Gasteiger partial charge in [0.1, 0.15) is 18.1 Å². The number of alkyl halides is 3. The van der Waals surface area contributed by atoms with Crippen LogP contribution in [-0.2, 0) is 11.4 Å². The lowest BCUT2D eigenvalue weighted by Crippen LogP contribution is -2.16. The standard InChI is InChI=1S/C25H21F3O4/c1-16-11-17(2)13-18(12-16)15-31-23-9-5-20(14-21(23)6-10-24(29)30)19-3-7-22(8-4-19)32-25(26,27)28/h3-14H,15H2,1-2H3,(H,29,30). The minimum absolute atomic E-state index is 0.305. The summed E-state index contributed by atoms with van der Waals surface area (Å²) in [6, 6.07) is 16.7. The van der Waals surface area contributed by atoms with Crippen LogP contribution in [0.4, 0.5) is 13.2 Å². The summed E-state index contributed by atoms with van der Waals surface area (Å²) in [5.74, 6) is -0.938. The Labute approximate surface area is 183 Å². The van der Waals surface area contributed by atoms with Crippen molar-refractivity contribution in [2.45, 2.75) is 26.8 Å². The van der Waals surface area contributed by atoms with E-state index in [1.807, 2.05) is 26.0 Å². The van der Waals surface area contributed by atoms with E-state index in [9.17, 15) is 18.0 Å². The predicted molar refractivity (Wildman–Crippen MR) is 115 cm³/mol. The third kappa shape index (κ3) is 6.63. The van der Waals surface area contributed by atoms with Gasteiger partial charge in [0.15, 0.2) is 0 Å². The van der Waals surface area contributed by atoms with Gasteiger partial charge in [0, 0.05) is 11.6 Å². The number of rotatable bonds is 7. The van der Waals surface area contributed by atoms with Crippen LogP contribution in [0.2, 0.25) is 0 Å². The highest BCUT2D eigenvalue weighted by molar-refractivity contribution is 5.86. The fraction of sp³-hybridized carbons (Fsp3) is 0.160. The number of carboxylic acids is 1. The van der Waals surface area contributed by atoms with Crippen LogP contribution in [0.1, 0.15) is 22.3 Å². The molecule has 0 radical (unpaired) electrons. The number of ether oxygens (including phenoxy) is 2. The van der Waals surface area contributed by atoms with Crippen LogP contribution in [0.5, 0.6) is 11.5 Å². The maximum atomic E-state index is 12.4. The van der Waals surface area contributed by atoms with Crippen LogP contribution in [0.3, 0.4) is 0 Å². The van der Waals surface area contributed by atoms with E-state index in [0.29, 0.717) is 29.0 Å². The lowest BCUT2D eigenvalue weighted by Gasteiger charge is -2.13. The lowest BCUT2D eigenvalue weighted by atomic mass is 10.0. The summed E-state index contributed by atoms with van der Waals surface area (Å²) in [5, 5.41) is 9.01. The predicted octanol–water partition coefficient (Wildman–Crippen LogP) is 6.55. The molecule has 0 amide bonds. The molecule has 0 bridgehead atoms. The Balaban J connectivity index is 1.86. The summed E-state index contributed by atoms with van der Waals surface area (Å²) in [6.45, 7) is 4.30. The van der Waals surface area contributed by atoms with Gasteiger partial charge in [-0.05, 0) is 60.9 Å². The van der Waals surface area contributed by atoms with Crippen LogP contribution < -0.4 is 9.47 Å². The van der Waals surface area contributed by atoms with E-state index in [0.717, 1.165) is 22.8 Å². The first kappa shape index (κ1) is 22.9. The van der Waals surface area contributed by atoms with Crippen LogP contribution in [0.15, 0.2) is 66.7 Å². The summed E-state index contributed by atoms with van der Waals surface area (Å²) < 4.78 is 46.9. The second-order valence-electron chi connectivity index (χ2n) is 7.28. The van der Waals surface area contributed by atoms with Gasteiger partial charge in [-0.3, -0.25) is 0 Å². The Bertz CT molecular complexity index is 1110. The summed E-state index contributed by atoms with van der Waals surface area (Å²) >= 11 is 0. The van der Waals surface area contributed by atoms with Crippen molar-refractivity contribution in [1.29, 1.82) is 0 Å². The van der Waals surface area contributed by atoms with E-state index in [1.54, 1.807) is 18.2 Å². The Kier molecular flexibility index (Phi) is 6.88. The van der Waals surface area contributed by atoms with E-state index in [4.69, 9.17) is 9.84 Å². The maximum absolute atomic E-state index is 12.4. The summed E-state index contributed by atoms with van der Waals surface area (Å²) in [5.41, 5.74) is 5.08. The summed E-state index contributed by atoms with van der Waals surface area (Å²) in [4.78, 5) is 11.0. The Morgan fingerprint density at radius 1 is 0.938 bits per heavy atom. The van der Waals surface area contributed by atoms with E-state index in [1.165, 1.54) is 30.3 Å². The van der Waals surface area contributed by atoms with Gasteiger partial charge in [-0.1, -0.05) is 47.5 Å². The molecule has 0 spiro atoms. The maximum Gasteiger partial charge on any atom is 0.573 e. The average molecular weight is 442 g/mol. The molecule has 0 saturated heterocycles. The topological polar surface area (TPSA) is 55.8 Å². The molecule has 0 saturated carbocycles. The van der Waals surface area contributed by atoms with Crippen molar-refractivity contribution in [1.82, 2.24) is 0 Å². The van der Waals surface area contributed by atoms with E-state index >= 15 is 0 Å². The first-order valence-corrected chi connectivity index (χ1v) is 9.70. The molecule has 166 valence electrons. The zero-order valence-electron chi connectivity index (χ0n) is 17.4. The highest BCUT2D eigenvalue weighted by atomic mass is 19.4. The van der Waals surface area contributed by atoms with Gasteiger partial charge in [0.05, 0.1) is 0 Å². The monoisotopic (exact) mass is 442 g/mol. The molecule has 0 aliphatic carbocycles. The minimum atomic E-state index is -4.76. The molecule has 32 heavy (non-hydrogen) atoms. The Morgan fingerprint density at radius 3 is 2.16 bits per heavy atom. The highest BCUT2D eigenvalue weighted by Gasteiger charge is 2.30. The van der Waals surface area contributed by atoms with Crippen LogP contribution >= 0.6 is 0 Å². The molecule has 0 atom stereocenters. The van der Waals surface area contributed by atoms with Crippen molar-refractivity contribution < 1.29 is 32.5 Å². The van der Waals surface area contributed by atoms with Gasteiger partial charge in [-0.2, -0.15) is 0 Å². The molecule has 0 heterocycles. The number of hydrogen-bond acceptors (Lipinski definition) is 3. The first-order chi connectivity index (χ1) is 15.1. The molecule has 3 aromatic carbocycles. The van der Waals surface area contributed by atoms with Crippen molar-refractivity contribution in [2.75, 3.05) is 0 Å². The molecule has 7 heteroatoms. The average Bonchev–Trinajstić information content (AvgIpc) is 2.69. The van der Waals surface area contributed by atoms with Crippen molar-refractivity contribution in [3.63, 3.8) is 0 Å². The molecule has 3 rings (SSSR count). The first-order valence-electron chi connectivity index (χ1n) is 9.70. The van der Waals surface area contributed by atoms with E-state index in [-0.39, 0.29) is 5.75 Å². The molecule has 0 fully saturated rings. The molecule has 0 aliphatic rings. The van der Waals surface area contributed by atoms with Gasteiger partial charge >= 0.3 is 12.3 Å². The Hall–Kier alpha value is -3.74. The van der Waals surface area contributed by atoms with Gasteiger partial charge < -0.3 is 14.6 Å². The van der Waals surface area contributed by atoms with Crippen LogP contribution in [0.25, 0.3) is 17.2 Å². The SMILES string of the molecule is Cc1cc(C)cc(COc2ccc(-c3ccc(OC(F)(F)F)cc3)cc2C=CC(=O)O)c1. The number of aliphatic carboxylic acids is 1. The van der Waals surface area contributed by atoms with Crippen LogP contribution in [-0.4, -0.2) is 17.4 Å². The number of aryl methyl sites for hydroxylation is 2. The number of halogens is 3. The Morgan fingerprint density at radius 2 is 1.56 bits per heavy atom. The zero-order valence-corrected chi connectivity index (χ0v) is 17.4. The third-order valence-corrected chi connectivity index (χ3v) is 4.51. The molecule has 0 aliphatic heterocycles. The second kappa shape index (κ2) is 9.60. The largest absolute Gasteiger partial charge is 0.573 e. The fourth-order valence-electron chi connectivity index (χ4n) is 3.31. The van der Waals surface area contributed by atoms with Gasteiger partial charge in [-0.25, -0.2) is 4.79 Å². The second-order valence-corrected chi connectivity index (χ2v) is 7.28. The van der Waals surface area contributed by atoms with Crippen molar-refractivity contribution in [3.05, 3.63) is 89.0 Å². The van der Waals surface area contributed by atoms with E-state index in [2.05, 4.69) is 10.8 Å². The van der Waals surface area contributed by atoms with Crippen molar-refractivity contribution in [2.24, 2.45) is 0 Å².